The lowest BCUT2D eigenvalue weighted by molar-refractivity contribution is 0.0194. The zero-order valence-corrected chi connectivity index (χ0v) is 24.3. The van der Waals surface area contributed by atoms with Crippen LogP contribution in [0.2, 0.25) is 0 Å². The topological polar surface area (TPSA) is 132 Å². The number of anilines is 3. The third-order valence-electron chi connectivity index (χ3n) is 7.31. The summed E-state index contributed by atoms with van der Waals surface area (Å²) in [6, 6.07) is 11.4. The number of carbonyl (C=O) groups is 1. The van der Waals surface area contributed by atoms with Gasteiger partial charge in [-0.05, 0) is 57.5 Å². The van der Waals surface area contributed by atoms with Crippen LogP contribution in [0.25, 0.3) is 16.7 Å². The van der Waals surface area contributed by atoms with E-state index in [0.29, 0.717) is 60.2 Å². The Bertz CT molecular complexity index is 1850. The molecule has 2 aliphatic rings. The second-order valence-electron chi connectivity index (χ2n) is 11.6. The van der Waals surface area contributed by atoms with E-state index in [2.05, 4.69) is 30.3 Å². The standard InChI is InChI=1S/C30H31N9O4/c1-18-11-19(5-6-23(18)42-21-7-8-39-25(12-21)32-17-34-39)35-27-26-22(31-16-33-27)13-24-28(36-26)38-10-9-37(14-20(38)15-41-24)29(40)43-30(2,3)4/h5-8,11-13,16-17,20H,9-10,14-15H2,1-4H3,(H,31,33,35)/t20-/m0/s1. The second kappa shape index (κ2) is 10.3. The van der Waals surface area contributed by atoms with Crippen molar-refractivity contribution in [2.24, 2.45) is 0 Å². The lowest BCUT2D eigenvalue weighted by Crippen LogP contribution is -2.59. The Labute approximate surface area is 247 Å². The minimum absolute atomic E-state index is 0.0413. The first-order valence-electron chi connectivity index (χ1n) is 14.1. The Morgan fingerprint density at radius 3 is 2.79 bits per heavy atom. The van der Waals surface area contributed by atoms with Gasteiger partial charge in [-0.25, -0.2) is 29.2 Å². The molecule has 0 saturated carbocycles. The van der Waals surface area contributed by atoms with E-state index in [1.807, 2.05) is 70.3 Å². The fourth-order valence-corrected chi connectivity index (χ4v) is 5.28. The molecule has 1 N–H and O–H groups in total. The Morgan fingerprint density at radius 1 is 1.07 bits per heavy atom. The highest BCUT2D eigenvalue weighted by molar-refractivity contribution is 5.90. The Balaban J connectivity index is 1.11. The zero-order valence-electron chi connectivity index (χ0n) is 24.3. The molecule has 13 heteroatoms. The van der Waals surface area contributed by atoms with Crippen molar-refractivity contribution in [1.29, 1.82) is 0 Å². The molecule has 0 spiro atoms. The summed E-state index contributed by atoms with van der Waals surface area (Å²) in [7, 11) is 0. The predicted molar refractivity (Wildman–Crippen MR) is 159 cm³/mol. The van der Waals surface area contributed by atoms with E-state index >= 15 is 0 Å². The van der Waals surface area contributed by atoms with E-state index < -0.39 is 5.60 Å². The molecule has 1 atom stereocenters. The van der Waals surface area contributed by atoms with E-state index in [0.717, 1.165) is 22.8 Å². The van der Waals surface area contributed by atoms with E-state index in [1.54, 1.807) is 9.42 Å². The molecular weight excluding hydrogens is 550 g/mol. The van der Waals surface area contributed by atoms with Crippen LogP contribution in [0.1, 0.15) is 26.3 Å². The number of fused-ring (bicyclic) bond motifs is 5. The van der Waals surface area contributed by atoms with Gasteiger partial charge in [0, 0.05) is 43.7 Å². The lowest BCUT2D eigenvalue weighted by Gasteiger charge is -2.44. The van der Waals surface area contributed by atoms with E-state index in [4.69, 9.17) is 19.2 Å². The van der Waals surface area contributed by atoms with Crippen LogP contribution in [-0.2, 0) is 4.74 Å². The molecule has 220 valence electrons. The van der Waals surface area contributed by atoms with Crippen molar-refractivity contribution in [2.75, 3.05) is 36.5 Å². The molecule has 1 fully saturated rings. The molecule has 4 aromatic heterocycles. The summed E-state index contributed by atoms with van der Waals surface area (Å²) < 4.78 is 19.5. The number of carbonyl (C=O) groups excluding carboxylic acids is 1. The van der Waals surface area contributed by atoms with Gasteiger partial charge in [0.15, 0.2) is 23.0 Å². The maximum atomic E-state index is 12.7. The Morgan fingerprint density at radius 2 is 1.95 bits per heavy atom. The third-order valence-corrected chi connectivity index (χ3v) is 7.31. The summed E-state index contributed by atoms with van der Waals surface area (Å²) in [5, 5.41) is 7.52. The van der Waals surface area contributed by atoms with Gasteiger partial charge in [-0.3, -0.25) is 0 Å². The summed E-state index contributed by atoms with van der Waals surface area (Å²) in [6.45, 7) is 9.66. The van der Waals surface area contributed by atoms with Crippen LogP contribution in [0.15, 0.2) is 55.2 Å². The van der Waals surface area contributed by atoms with Crippen molar-refractivity contribution in [2.45, 2.75) is 39.3 Å². The van der Waals surface area contributed by atoms with Crippen LogP contribution in [0.4, 0.5) is 22.1 Å². The minimum atomic E-state index is -0.548. The Hall–Kier alpha value is -5.20. The summed E-state index contributed by atoms with van der Waals surface area (Å²) in [4.78, 5) is 34.8. The number of rotatable bonds is 4. The van der Waals surface area contributed by atoms with Crippen LogP contribution >= 0.6 is 0 Å². The molecule has 0 bridgehead atoms. The summed E-state index contributed by atoms with van der Waals surface area (Å²) in [5.74, 6) is 3.36. The van der Waals surface area contributed by atoms with Gasteiger partial charge in [-0.15, -0.1) is 0 Å². The second-order valence-corrected chi connectivity index (χ2v) is 11.6. The number of hydrogen-bond acceptors (Lipinski definition) is 11. The van der Waals surface area contributed by atoms with E-state index in [-0.39, 0.29) is 12.1 Å². The fraction of sp³-hybridized carbons (Fsp3) is 0.333. The number of pyridine rings is 2. The molecule has 0 radical (unpaired) electrons. The van der Waals surface area contributed by atoms with Crippen molar-refractivity contribution in [3.05, 3.63) is 60.8 Å². The Kier molecular flexibility index (Phi) is 6.37. The molecule has 13 nitrogen and oxygen atoms in total. The molecule has 2 aliphatic heterocycles. The highest BCUT2D eigenvalue weighted by Gasteiger charge is 2.37. The SMILES string of the molecule is Cc1cc(Nc2ncnc3cc4c(nc23)N2CCN(C(=O)OC(C)(C)C)C[C@H]2CO4)ccc1Oc1ccn2ncnc2c1. The fourth-order valence-electron chi connectivity index (χ4n) is 5.28. The molecule has 1 aromatic carbocycles. The van der Waals surface area contributed by atoms with Crippen molar-refractivity contribution < 1.29 is 19.0 Å². The van der Waals surface area contributed by atoms with Gasteiger partial charge in [0.1, 0.15) is 41.9 Å². The normalized spacial score (nSPS) is 16.4. The van der Waals surface area contributed by atoms with Crippen molar-refractivity contribution >= 4 is 40.1 Å². The van der Waals surface area contributed by atoms with Gasteiger partial charge in [-0.1, -0.05) is 0 Å². The highest BCUT2D eigenvalue weighted by atomic mass is 16.6. The molecule has 0 unspecified atom stereocenters. The van der Waals surface area contributed by atoms with Gasteiger partial charge in [0.2, 0.25) is 0 Å². The first-order chi connectivity index (χ1) is 20.7. The summed E-state index contributed by atoms with van der Waals surface area (Å²) >= 11 is 0. The molecule has 6 heterocycles. The van der Waals surface area contributed by atoms with Crippen LogP contribution in [0, 0.1) is 6.92 Å². The number of amides is 1. The van der Waals surface area contributed by atoms with Gasteiger partial charge in [0.05, 0.1) is 11.6 Å². The van der Waals surface area contributed by atoms with Crippen molar-refractivity contribution in [3.63, 3.8) is 0 Å². The minimum Gasteiger partial charge on any atom is -0.487 e. The van der Waals surface area contributed by atoms with E-state index in [9.17, 15) is 4.79 Å². The quantitative estimate of drug-likeness (QED) is 0.316. The molecule has 43 heavy (non-hydrogen) atoms. The number of aromatic nitrogens is 6. The van der Waals surface area contributed by atoms with Crippen LogP contribution in [0.3, 0.4) is 0 Å². The molecule has 1 amide bonds. The number of benzene rings is 1. The van der Waals surface area contributed by atoms with Gasteiger partial charge in [-0.2, -0.15) is 5.10 Å². The van der Waals surface area contributed by atoms with Crippen molar-refractivity contribution in [3.8, 4) is 17.2 Å². The number of nitrogens with zero attached hydrogens (tertiary/aromatic N) is 8. The first kappa shape index (κ1) is 26.7. The predicted octanol–water partition coefficient (Wildman–Crippen LogP) is 4.73. The average Bonchev–Trinajstić information content (AvgIpc) is 3.45. The number of ether oxygens (including phenoxy) is 3. The zero-order chi connectivity index (χ0) is 29.7. The number of aryl methyl sites for hydroxylation is 1. The van der Waals surface area contributed by atoms with Crippen LogP contribution < -0.4 is 19.7 Å². The largest absolute Gasteiger partial charge is 0.487 e. The maximum absolute atomic E-state index is 12.7. The summed E-state index contributed by atoms with van der Waals surface area (Å²) in [5.41, 5.74) is 3.22. The lowest BCUT2D eigenvalue weighted by atomic mass is 10.1. The van der Waals surface area contributed by atoms with E-state index in [1.165, 1.54) is 12.7 Å². The average molecular weight is 582 g/mol. The smallest absolute Gasteiger partial charge is 0.410 e. The summed E-state index contributed by atoms with van der Waals surface area (Å²) in [6.07, 6.45) is 4.51. The van der Waals surface area contributed by atoms with Gasteiger partial charge < -0.3 is 29.3 Å². The molecular formula is C30H31N9O4. The van der Waals surface area contributed by atoms with Crippen LogP contribution in [-0.4, -0.2) is 78.4 Å². The molecule has 7 rings (SSSR count). The molecule has 1 saturated heterocycles. The van der Waals surface area contributed by atoms with Crippen molar-refractivity contribution in [1.82, 2.24) is 34.4 Å². The maximum Gasteiger partial charge on any atom is 0.410 e. The van der Waals surface area contributed by atoms with Gasteiger partial charge >= 0.3 is 6.09 Å². The molecule has 0 aliphatic carbocycles. The third kappa shape index (κ3) is 5.29. The van der Waals surface area contributed by atoms with Gasteiger partial charge in [0.25, 0.3) is 0 Å². The first-order valence-corrected chi connectivity index (χ1v) is 14.1. The van der Waals surface area contributed by atoms with Crippen LogP contribution in [0.5, 0.6) is 17.2 Å². The number of nitrogens with one attached hydrogen (secondary N) is 1. The highest BCUT2D eigenvalue weighted by Crippen LogP contribution is 2.38. The number of piperazine rings is 1. The number of hydrogen-bond donors (Lipinski definition) is 1. The molecule has 5 aromatic rings. The monoisotopic (exact) mass is 581 g/mol.